The minimum absolute atomic E-state index is 0.0208. The zero-order valence-electron chi connectivity index (χ0n) is 16.3. The Morgan fingerprint density at radius 1 is 1.24 bits per heavy atom. The third-order valence-corrected chi connectivity index (χ3v) is 6.44. The first kappa shape index (κ1) is 18.4. The zero-order chi connectivity index (χ0) is 20.0. The lowest BCUT2D eigenvalue weighted by Crippen LogP contribution is -2.40. The van der Waals surface area contributed by atoms with E-state index in [0.717, 1.165) is 37.0 Å². The predicted octanol–water partition coefficient (Wildman–Crippen LogP) is 4.61. The second kappa shape index (κ2) is 7.32. The standard InChI is InChI=1S/C23H23ClN4O/c1-15-7-9-27(13-16-5-3-2-4-6-16)14-19(15)28-10-8-20(29)17-11-25-23-21(22(17)28)18(24)12-26-23/h2-6,8,10-12,15,19H,7,9,13-14H2,1H3,(H,25,26)/t15-,19+/m1/s1. The number of nitrogens with one attached hydrogen (secondary N) is 1. The van der Waals surface area contributed by atoms with Crippen LogP contribution in [0.1, 0.15) is 24.9 Å². The van der Waals surface area contributed by atoms with E-state index in [4.69, 9.17) is 11.6 Å². The second-order valence-electron chi connectivity index (χ2n) is 8.02. The number of benzene rings is 1. The summed E-state index contributed by atoms with van der Waals surface area (Å²) in [7, 11) is 0. The van der Waals surface area contributed by atoms with Gasteiger partial charge in [0.1, 0.15) is 5.65 Å². The molecular weight excluding hydrogens is 384 g/mol. The molecule has 4 aromatic rings. The van der Waals surface area contributed by atoms with E-state index in [0.29, 0.717) is 22.0 Å². The van der Waals surface area contributed by atoms with Gasteiger partial charge in [-0.05, 0) is 24.4 Å². The number of piperidine rings is 1. The molecule has 1 aliphatic heterocycles. The third-order valence-electron chi connectivity index (χ3n) is 6.15. The fourth-order valence-electron chi connectivity index (χ4n) is 4.54. The van der Waals surface area contributed by atoms with Crippen molar-refractivity contribution in [3.8, 4) is 0 Å². The monoisotopic (exact) mass is 406 g/mol. The van der Waals surface area contributed by atoms with Gasteiger partial charge in [0.15, 0.2) is 5.43 Å². The molecule has 2 atom stereocenters. The van der Waals surface area contributed by atoms with Gasteiger partial charge in [-0.15, -0.1) is 0 Å². The molecule has 0 aliphatic carbocycles. The summed E-state index contributed by atoms with van der Waals surface area (Å²) in [4.78, 5) is 22.6. The molecule has 0 bridgehead atoms. The summed E-state index contributed by atoms with van der Waals surface area (Å²) in [5.41, 5.74) is 2.90. The van der Waals surface area contributed by atoms with Crippen molar-refractivity contribution in [2.45, 2.75) is 25.9 Å². The van der Waals surface area contributed by atoms with Crippen LogP contribution < -0.4 is 5.43 Å². The lowest BCUT2D eigenvalue weighted by molar-refractivity contribution is 0.128. The molecule has 1 aromatic carbocycles. The maximum absolute atomic E-state index is 12.6. The van der Waals surface area contributed by atoms with E-state index in [-0.39, 0.29) is 11.5 Å². The molecule has 0 amide bonds. The normalized spacial score (nSPS) is 20.5. The highest BCUT2D eigenvalue weighted by Crippen LogP contribution is 2.34. The van der Waals surface area contributed by atoms with Gasteiger partial charge in [-0.3, -0.25) is 9.69 Å². The second-order valence-corrected chi connectivity index (χ2v) is 8.43. The van der Waals surface area contributed by atoms with Crippen molar-refractivity contribution in [1.29, 1.82) is 0 Å². The van der Waals surface area contributed by atoms with Crippen LogP contribution in [0.4, 0.5) is 0 Å². The maximum atomic E-state index is 12.6. The molecule has 0 saturated carbocycles. The summed E-state index contributed by atoms with van der Waals surface area (Å²) < 4.78 is 2.25. The maximum Gasteiger partial charge on any atom is 0.190 e. The van der Waals surface area contributed by atoms with E-state index >= 15 is 0 Å². The lowest BCUT2D eigenvalue weighted by atomic mass is 9.92. The fourth-order valence-corrected chi connectivity index (χ4v) is 4.77. The molecule has 148 valence electrons. The van der Waals surface area contributed by atoms with Crippen LogP contribution >= 0.6 is 11.6 Å². The van der Waals surface area contributed by atoms with Gasteiger partial charge in [0.2, 0.25) is 0 Å². The molecule has 3 aromatic heterocycles. The number of fused-ring (bicyclic) bond motifs is 3. The largest absolute Gasteiger partial charge is 0.345 e. The van der Waals surface area contributed by atoms with E-state index in [1.165, 1.54) is 5.56 Å². The van der Waals surface area contributed by atoms with Crippen molar-refractivity contribution in [3.05, 3.63) is 75.8 Å². The molecule has 5 nitrogen and oxygen atoms in total. The van der Waals surface area contributed by atoms with Gasteiger partial charge in [-0.25, -0.2) is 4.98 Å². The Kier molecular flexibility index (Phi) is 4.64. The number of H-pyrrole nitrogens is 1. The van der Waals surface area contributed by atoms with E-state index in [9.17, 15) is 4.79 Å². The van der Waals surface area contributed by atoms with E-state index in [2.05, 4.69) is 56.7 Å². The number of likely N-dealkylation sites (tertiary alicyclic amines) is 1. The Bertz CT molecular complexity index is 1230. The Balaban J connectivity index is 1.60. The molecule has 0 radical (unpaired) electrons. The number of halogens is 1. The molecule has 4 heterocycles. The van der Waals surface area contributed by atoms with Gasteiger partial charge in [0, 0.05) is 43.8 Å². The smallest absolute Gasteiger partial charge is 0.190 e. The number of hydrogen-bond donors (Lipinski definition) is 1. The van der Waals surface area contributed by atoms with Crippen LogP contribution in [0.2, 0.25) is 5.02 Å². The zero-order valence-corrected chi connectivity index (χ0v) is 17.1. The summed E-state index contributed by atoms with van der Waals surface area (Å²) in [5.74, 6) is 0.494. The highest BCUT2D eigenvalue weighted by molar-refractivity contribution is 6.37. The Morgan fingerprint density at radius 3 is 2.90 bits per heavy atom. The molecule has 5 rings (SSSR count). The molecule has 1 fully saturated rings. The van der Waals surface area contributed by atoms with Gasteiger partial charge >= 0.3 is 0 Å². The van der Waals surface area contributed by atoms with Gasteiger partial charge in [-0.2, -0.15) is 0 Å². The first-order valence-electron chi connectivity index (χ1n) is 10.0. The summed E-state index contributed by atoms with van der Waals surface area (Å²) in [6.07, 6.45) is 6.45. The van der Waals surface area contributed by atoms with Gasteiger partial charge < -0.3 is 9.55 Å². The van der Waals surface area contributed by atoms with Crippen LogP contribution in [0.15, 0.2) is 59.8 Å². The number of hydrogen-bond acceptors (Lipinski definition) is 3. The predicted molar refractivity (Wildman–Crippen MR) is 117 cm³/mol. The number of nitrogens with zero attached hydrogens (tertiary/aromatic N) is 3. The SMILES string of the molecule is C[C@@H]1CCN(Cc2ccccc2)C[C@@H]1n1ccc(=O)c2cnc3[nH]cc(Cl)c3c21. The number of aromatic nitrogens is 3. The highest BCUT2D eigenvalue weighted by atomic mass is 35.5. The Morgan fingerprint density at radius 2 is 2.07 bits per heavy atom. The third kappa shape index (κ3) is 3.24. The molecular formula is C23H23ClN4O. The van der Waals surface area contributed by atoms with E-state index in [1.54, 1.807) is 18.5 Å². The minimum atomic E-state index is -0.0208. The van der Waals surface area contributed by atoms with Crippen LogP contribution in [-0.2, 0) is 6.54 Å². The topological polar surface area (TPSA) is 53.9 Å². The molecule has 1 saturated heterocycles. The number of rotatable bonds is 3. The van der Waals surface area contributed by atoms with Crippen LogP contribution in [0.25, 0.3) is 21.9 Å². The molecule has 1 N–H and O–H groups in total. The summed E-state index contributed by atoms with van der Waals surface area (Å²) in [6.45, 7) is 5.24. The van der Waals surface area contributed by atoms with Crippen molar-refractivity contribution in [3.63, 3.8) is 0 Å². The van der Waals surface area contributed by atoms with E-state index < -0.39 is 0 Å². The van der Waals surface area contributed by atoms with Crippen molar-refractivity contribution < 1.29 is 0 Å². The minimum Gasteiger partial charge on any atom is -0.345 e. The Hall–Kier alpha value is -2.63. The van der Waals surface area contributed by atoms with Crippen LogP contribution in [0.3, 0.4) is 0 Å². The molecule has 1 aliphatic rings. The molecule has 0 spiro atoms. The molecule has 29 heavy (non-hydrogen) atoms. The van der Waals surface area contributed by atoms with Crippen molar-refractivity contribution in [2.75, 3.05) is 13.1 Å². The van der Waals surface area contributed by atoms with Crippen molar-refractivity contribution >= 4 is 33.5 Å². The summed E-state index contributed by atoms with van der Waals surface area (Å²) in [5, 5.41) is 2.05. The molecule has 6 heteroatoms. The highest BCUT2D eigenvalue weighted by Gasteiger charge is 2.29. The van der Waals surface area contributed by atoms with Crippen molar-refractivity contribution in [1.82, 2.24) is 19.4 Å². The van der Waals surface area contributed by atoms with Crippen LogP contribution in [0, 0.1) is 5.92 Å². The lowest BCUT2D eigenvalue weighted by Gasteiger charge is -2.39. The first-order chi connectivity index (χ1) is 14.1. The molecule has 0 unspecified atom stereocenters. The number of aromatic amines is 1. The average molecular weight is 407 g/mol. The van der Waals surface area contributed by atoms with Gasteiger partial charge in [0.05, 0.1) is 21.3 Å². The van der Waals surface area contributed by atoms with Crippen LogP contribution in [-0.4, -0.2) is 32.5 Å². The number of pyridine rings is 2. The van der Waals surface area contributed by atoms with Crippen LogP contribution in [0.5, 0.6) is 0 Å². The van der Waals surface area contributed by atoms with Gasteiger partial charge in [-0.1, -0.05) is 48.9 Å². The first-order valence-corrected chi connectivity index (χ1v) is 10.4. The van der Waals surface area contributed by atoms with Crippen molar-refractivity contribution in [2.24, 2.45) is 5.92 Å². The summed E-state index contributed by atoms with van der Waals surface area (Å²) >= 11 is 6.49. The fraction of sp³-hybridized carbons (Fsp3) is 0.304. The quantitative estimate of drug-likeness (QED) is 0.540. The average Bonchev–Trinajstić information content (AvgIpc) is 3.12. The van der Waals surface area contributed by atoms with E-state index in [1.807, 2.05) is 6.20 Å². The van der Waals surface area contributed by atoms with Gasteiger partial charge in [0.25, 0.3) is 0 Å². The Labute approximate surface area is 173 Å². The summed E-state index contributed by atoms with van der Waals surface area (Å²) in [6, 6.07) is 12.5.